The van der Waals surface area contributed by atoms with Crippen molar-refractivity contribution in [3.8, 4) is 11.8 Å². The van der Waals surface area contributed by atoms with Crippen LogP contribution >= 0.6 is 0 Å². The van der Waals surface area contributed by atoms with Crippen molar-refractivity contribution in [3.05, 3.63) is 132 Å². The van der Waals surface area contributed by atoms with E-state index in [2.05, 4.69) is 30.9 Å². The molecule has 1 heterocycles. The maximum atomic E-state index is 13.0. The summed E-state index contributed by atoms with van der Waals surface area (Å²) in [6.07, 6.45) is 0. The molecule has 0 aliphatic rings. The van der Waals surface area contributed by atoms with Gasteiger partial charge >= 0.3 is 17.9 Å². The lowest BCUT2D eigenvalue weighted by molar-refractivity contribution is 0.0686. The molecule has 12 nitrogen and oxygen atoms in total. The van der Waals surface area contributed by atoms with E-state index >= 15 is 0 Å². The van der Waals surface area contributed by atoms with Crippen molar-refractivity contribution in [3.63, 3.8) is 0 Å². The summed E-state index contributed by atoms with van der Waals surface area (Å²) >= 11 is 0. The molecular weight excluding hydrogens is 588 g/mol. The Morgan fingerprint density at radius 3 is 1.65 bits per heavy atom. The van der Waals surface area contributed by atoms with Crippen molar-refractivity contribution < 1.29 is 29.3 Å². The van der Waals surface area contributed by atoms with Crippen LogP contribution in [-0.2, 0) is 0 Å². The molecular formula is C34H24N6O6. The Balaban J connectivity index is 1.22. The zero-order valence-corrected chi connectivity index (χ0v) is 23.8. The second-order valence-corrected chi connectivity index (χ2v) is 9.89. The Hall–Kier alpha value is -6.82. The van der Waals surface area contributed by atoms with E-state index in [1.165, 1.54) is 24.3 Å². The Labute approximate surface area is 261 Å². The number of carboxylic acids is 2. The third-order valence-corrected chi connectivity index (χ3v) is 6.75. The highest BCUT2D eigenvalue weighted by atomic mass is 16.5. The molecule has 0 fully saturated rings. The molecule has 0 aliphatic carbocycles. The maximum absolute atomic E-state index is 13.0. The summed E-state index contributed by atoms with van der Waals surface area (Å²) in [6, 6.07) is 31.8. The zero-order valence-electron chi connectivity index (χ0n) is 23.8. The van der Waals surface area contributed by atoms with E-state index in [1.807, 2.05) is 36.4 Å². The summed E-state index contributed by atoms with van der Waals surface area (Å²) in [5.74, 6) is -1.79. The predicted molar refractivity (Wildman–Crippen MR) is 172 cm³/mol. The minimum absolute atomic E-state index is 0.0724. The number of nitrogens with one attached hydrogen (secondary N) is 3. The second-order valence-electron chi connectivity index (χ2n) is 9.89. The molecule has 0 saturated carbocycles. The number of amides is 1. The summed E-state index contributed by atoms with van der Waals surface area (Å²) in [6.45, 7) is 0. The van der Waals surface area contributed by atoms with Crippen LogP contribution in [0.1, 0.15) is 31.1 Å². The number of carboxylic acid groups (broad SMARTS) is 2. The van der Waals surface area contributed by atoms with Crippen molar-refractivity contribution in [1.29, 1.82) is 0 Å². The molecule has 5 N–H and O–H groups in total. The first-order valence-corrected chi connectivity index (χ1v) is 13.8. The van der Waals surface area contributed by atoms with Gasteiger partial charge in [-0.1, -0.05) is 36.4 Å². The number of aromatic carboxylic acids is 2. The lowest BCUT2D eigenvalue weighted by atomic mass is 10.0. The fourth-order valence-corrected chi connectivity index (χ4v) is 4.50. The predicted octanol–water partition coefficient (Wildman–Crippen LogP) is 6.95. The Morgan fingerprint density at radius 1 is 0.565 bits per heavy atom. The SMILES string of the molecule is O=C(O)c1ccc(Nc2nc(Nc3ccc(C(=O)O)cc3)nc(Oc3ccc(NC(=O)c4cccc5ccccc45)cc3)n2)cc1. The van der Waals surface area contributed by atoms with E-state index in [0.717, 1.165) is 10.8 Å². The highest BCUT2D eigenvalue weighted by Crippen LogP contribution is 2.26. The van der Waals surface area contributed by atoms with Gasteiger partial charge in [-0.15, -0.1) is 0 Å². The average Bonchev–Trinajstić information content (AvgIpc) is 3.06. The first-order valence-electron chi connectivity index (χ1n) is 13.8. The lowest BCUT2D eigenvalue weighted by Gasteiger charge is -2.12. The minimum Gasteiger partial charge on any atom is -0.478 e. The molecule has 0 spiro atoms. The van der Waals surface area contributed by atoms with E-state index < -0.39 is 11.9 Å². The molecule has 0 atom stereocenters. The number of rotatable bonds is 10. The van der Waals surface area contributed by atoms with Gasteiger partial charge in [-0.2, -0.15) is 15.0 Å². The fourth-order valence-electron chi connectivity index (χ4n) is 4.50. The van der Waals surface area contributed by atoms with Gasteiger partial charge in [-0.3, -0.25) is 4.79 Å². The minimum atomic E-state index is -1.05. The van der Waals surface area contributed by atoms with Crippen LogP contribution < -0.4 is 20.7 Å². The smallest absolute Gasteiger partial charge is 0.335 e. The molecule has 46 heavy (non-hydrogen) atoms. The number of carbonyl (C=O) groups is 3. The third kappa shape index (κ3) is 6.87. The summed E-state index contributed by atoms with van der Waals surface area (Å²) in [4.78, 5) is 48.5. The maximum Gasteiger partial charge on any atom is 0.335 e. The first kappa shape index (κ1) is 29.3. The van der Waals surface area contributed by atoms with Crippen LogP contribution in [-0.4, -0.2) is 43.0 Å². The third-order valence-electron chi connectivity index (χ3n) is 6.75. The van der Waals surface area contributed by atoms with E-state index in [1.54, 1.807) is 54.6 Å². The molecule has 1 aromatic heterocycles. The largest absolute Gasteiger partial charge is 0.478 e. The van der Waals surface area contributed by atoms with Crippen molar-refractivity contribution >= 4 is 57.6 Å². The number of fused-ring (bicyclic) bond motifs is 1. The van der Waals surface area contributed by atoms with Crippen LogP contribution in [0.25, 0.3) is 10.8 Å². The van der Waals surface area contributed by atoms with Gasteiger partial charge in [-0.25, -0.2) is 9.59 Å². The molecule has 0 aliphatic heterocycles. The normalized spacial score (nSPS) is 10.6. The number of carbonyl (C=O) groups excluding carboxylic acids is 1. The van der Waals surface area contributed by atoms with Crippen LogP contribution in [0.3, 0.4) is 0 Å². The standard InChI is InChI=1S/C34H24N6O6/c41-29(28-7-3-5-20-4-1-2-6-27(20)28)35-23-16-18-26(19-17-23)46-34-39-32(36-24-12-8-21(9-13-24)30(42)43)38-33(40-34)37-25-14-10-22(11-15-25)31(44)45/h1-19H,(H,35,41)(H,42,43)(H,44,45)(H2,36,37,38,39,40). The van der Waals surface area contributed by atoms with Crippen molar-refractivity contribution in [2.75, 3.05) is 16.0 Å². The second kappa shape index (κ2) is 12.8. The molecule has 0 bridgehead atoms. The molecule has 0 unspecified atom stereocenters. The first-order chi connectivity index (χ1) is 22.3. The number of nitrogens with zero attached hydrogens (tertiary/aromatic N) is 3. The number of aromatic nitrogens is 3. The van der Waals surface area contributed by atoms with E-state index in [-0.39, 0.29) is 34.9 Å². The summed E-state index contributed by atoms with van der Waals surface area (Å²) in [5, 5.41) is 29.1. The van der Waals surface area contributed by atoms with Gasteiger partial charge in [0.15, 0.2) is 0 Å². The molecule has 226 valence electrons. The molecule has 1 amide bonds. The highest BCUT2D eigenvalue weighted by molar-refractivity contribution is 6.12. The van der Waals surface area contributed by atoms with E-state index in [4.69, 9.17) is 4.74 Å². The number of benzene rings is 5. The molecule has 0 saturated heterocycles. The van der Waals surface area contributed by atoms with Gasteiger partial charge in [0, 0.05) is 22.6 Å². The van der Waals surface area contributed by atoms with Gasteiger partial charge in [0.1, 0.15) is 5.75 Å². The zero-order chi connectivity index (χ0) is 32.0. The fraction of sp³-hybridized carbons (Fsp3) is 0. The van der Waals surface area contributed by atoms with Gasteiger partial charge in [0.05, 0.1) is 11.1 Å². The highest BCUT2D eigenvalue weighted by Gasteiger charge is 2.13. The van der Waals surface area contributed by atoms with Gasteiger partial charge in [0.2, 0.25) is 11.9 Å². The Bertz CT molecular complexity index is 1980. The van der Waals surface area contributed by atoms with Crippen molar-refractivity contribution in [2.45, 2.75) is 0 Å². The number of ether oxygens (including phenoxy) is 1. The van der Waals surface area contributed by atoms with Crippen molar-refractivity contribution in [1.82, 2.24) is 15.0 Å². The Morgan fingerprint density at radius 2 is 1.09 bits per heavy atom. The number of hydrogen-bond donors (Lipinski definition) is 5. The monoisotopic (exact) mass is 612 g/mol. The summed E-state index contributed by atoms with van der Waals surface area (Å²) < 4.78 is 5.93. The quantitative estimate of drug-likeness (QED) is 0.108. The van der Waals surface area contributed by atoms with Crippen LogP contribution in [0.4, 0.5) is 29.0 Å². The lowest BCUT2D eigenvalue weighted by Crippen LogP contribution is -2.12. The molecule has 12 heteroatoms. The summed E-state index contributed by atoms with van der Waals surface area (Å²) in [5.41, 5.74) is 2.39. The van der Waals surface area contributed by atoms with Gasteiger partial charge in [0.25, 0.3) is 5.91 Å². The van der Waals surface area contributed by atoms with E-state index in [9.17, 15) is 24.6 Å². The average molecular weight is 613 g/mol. The topological polar surface area (TPSA) is 176 Å². The summed E-state index contributed by atoms with van der Waals surface area (Å²) in [7, 11) is 0. The van der Waals surface area contributed by atoms with Crippen LogP contribution in [0.15, 0.2) is 115 Å². The van der Waals surface area contributed by atoms with Gasteiger partial charge < -0.3 is 30.9 Å². The van der Waals surface area contributed by atoms with Crippen LogP contribution in [0.5, 0.6) is 11.8 Å². The molecule has 0 radical (unpaired) electrons. The van der Waals surface area contributed by atoms with Crippen LogP contribution in [0.2, 0.25) is 0 Å². The number of anilines is 5. The van der Waals surface area contributed by atoms with E-state index in [0.29, 0.717) is 28.4 Å². The molecule has 6 rings (SSSR count). The Kier molecular flexibility index (Phi) is 8.15. The van der Waals surface area contributed by atoms with Crippen molar-refractivity contribution in [2.24, 2.45) is 0 Å². The molecule has 6 aromatic rings. The molecule has 5 aromatic carbocycles. The van der Waals surface area contributed by atoms with Crippen LogP contribution in [0, 0.1) is 0 Å². The number of hydrogen-bond acceptors (Lipinski definition) is 9. The van der Waals surface area contributed by atoms with Gasteiger partial charge in [-0.05, 0) is 89.6 Å².